The van der Waals surface area contributed by atoms with Crippen LogP contribution in [0, 0.1) is 13.0 Å². The molecule has 0 aromatic heterocycles. The first-order valence-corrected chi connectivity index (χ1v) is 10.6. The highest BCUT2D eigenvalue weighted by molar-refractivity contribution is 7.92. The van der Waals surface area contributed by atoms with E-state index in [9.17, 15) is 13.2 Å². The summed E-state index contributed by atoms with van der Waals surface area (Å²) in [5.41, 5.74) is 3.04. The van der Waals surface area contributed by atoms with Gasteiger partial charge in [-0.25, -0.2) is 8.42 Å². The molecular weight excluding hydrogens is 348 g/mol. The Balaban J connectivity index is 1.70. The van der Waals surface area contributed by atoms with Crippen LogP contribution >= 0.6 is 0 Å². The SMILES string of the molecule is Cc1ccc(C(=O)N2CCC(c3cc[c]cc3)CC2)cc1NS(C)(=O)=O. The molecule has 3 rings (SSSR count). The molecule has 0 unspecified atom stereocenters. The van der Waals surface area contributed by atoms with Crippen LogP contribution in [0.15, 0.2) is 42.5 Å². The van der Waals surface area contributed by atoms with Crippen molar-refractivity contribution in [2.45, 2.75) is 25.7 Å². The number of rotatable bonds is 4. The molecule has 1 amide bonds. The van der Waals surface area contributed by atoms with Gasteiger partial charge in [0, 0.05) is 18.7 Å². The number of piperidine rings is 1. The van der Waals surface area contributed by atoms with Gasteiger partial charge in [0.15, 0.2) is 0 Å². The number of sulfonamides is 1. The van der Waals surface area contributed by atoms with E-state index in [1.54, 1.807) is 18.2 Å². The molecule has 0 spiro atoms. The lowest BCUT2D eigenvalue weighted by molar-refractivity contribution is 0.0713. The van der Waals surface area contributed by atoms with Crippen LogP contribution in [0.4, 0.5) is 5.69 Å². The Labute approximate surface area is 155 Å². The zero-order valence-corrected chi connectivity index (χ0v) is 15.8. The van der Waals surface area contributed by atoms with Gasteiger partial charge >= 0.3 is 0 Å². The Morgan fingerprint density at radius 3 is 2.42 bits per heavy atom. The van der Waals surface area contributed by atoms with Crippen molar-refractivity contribution < 1.29 is 13.2 Å². The molecule has 1 radical (unpaired) electrons. The quantitative estimate of drug-likeness (QED) is 0.898. The summed E-state index contributed by atoms with van der Waals surface area (Å²) in [4.78, 5) is 14.7. The lowest BCUT2D eigenvalue weighted by Crippen LogP contribution is -2.38. The van der Waals surface area contributed by atoms with Crippen LogP contribution < -0.4 is 4.72 Å². The van der Waals surface area contributed by atoms with Gasteiger partial charge in [0.25, 0.3) is 5.91 Å². The minimum atomic E-state index is -3.38. The molecule has 1 heterocycles. The first kappa shape index (κ1) is 18.5. The zero-order valence-electron chi connectivity index (χ0n) is 15.0. The lowest BCUT2D eigenvalue weighted by atomic mass is 9.89. The summed E-state index contributed by atoms with van der Waals surface area (Å²) in [7, 11) is -3.38. The molecule has 1 aliphatic rings. The summed E-state index contributed by atoms with van der Waals surface area (Å²) in [6.07, 6.45) is 2.96. The number of anilines is 1. The summed E-state index contributed by atoms with van der Waals surface area (Å²) in [5.74, 6) is 0.413. The molecule has 6 heteroatoms. The number of benzene rings is 2. The topological polar surface area (TPSA) is 66.5 Å². The third-order valence-electron chi connectivity index (χ3n) is 4.78. The van der Waals surface area contributed by atoms with Crippen LogP contribution in [0.2, 0.25) is 0 Å². The maximum absolute atomic E-state index is 12.8. The van der Waals surface area contributed by atoms with Crippen LogP contribution in [0.1, 0.15) is 40.2 Å². The molecule has 1 aliphatic heterocycles. The fourth-order valence-electron chi connectivity index (χ4n) is 3.34. The summed E-state index contributed by atoms with van der Waals surface area (Å²) in [6.45, 7) is 3.21. The second-order valence-electron chi connectivity index (χ2n) is 6.80. The zero-order chi connectivity index (χ0) is 18.7. The third kappa shape index (κ3) is 4.43. The average Bonchev–Trinajstić information content (AvgIpc) is 2.63. The second-order valence-corrected chi connectivity index (χ2v) is 8.55. The summed E-state index contributed by atoms with van der Waals surface area (Å²) < 4.78 is 25.5. The molecule has 1 fully saturated rings. The molecular formula is C20H23N2O3S. The van der Waals surface area contributed by atoms with Crippen molar-refractivity contribution in [2.75, 3.05) is 24.1 Å². The highest BCUT2D eigenvalue weighted by atomic mass is 32.2. The smallest absolute Gasteiger partial charge is 0.253 e. The number of aryl methyl sites for hydroxylation is 1. The highest BCUT2D eigenvalue weighted by Gasteiger charge is 2.25. The van der Waals surface area contributed by atoms with Gasteiger partial charge in [0.1, 0.15) is 0 Å². The number of hydrogen-bond acceptors (Lipinski definition) is 3. The van der Waals surface area contributed by atoms with E-state index in [1.165, 1.54) is 5.56 Å². The summed E-state index contributed by atoms with van der Waals surface area (Å²) >= 11 is 0. The highest BCUT2D eigenvalue weighted by Crippen LogP contribution is 2.29. The van der Waals surface area contributed by atoms with Gasteiger partial charge in [0.05, 0.1) is 11.9 Å². The molecule has 5 nitrogen and oxygen atoms in total. The van der Waals surface area contributed by atoms with Crippen LogP contribution in [-0.2, 0) is 10.0 Å². The van der Waals surface area contributed by atoms with E-state index >= 15 is 0 Å². The van der Waals surface area contributed by atoms with Crippen molar-refractivity contribution in [1.82, 2.24) is 4.90 Å². The van der Waals surface area contributed by atoms with E-state index < -0.39 is 10.0 Å². The number of carbonyl (C=O) groups excluding carboxylic acids is 1. The second kappa shape index (κ2) is 7.50. The maximum atomic E-state index is 12.8. The predicted molar refractivity (Wildman–Crippen MR) is 103 cm³/mol. The van der Waals surface area contributed by atoms with Gasteiger partial charge in [-0.2, -0.15) is 0 Å². The van der Waals surface area contributed by atoms with Crippen molar-refractivity contribution in [1.29, 1.82) is 0 Å². The monoisotopic (exact) mass is 371 g/mol. The van der Waals surface area contributed by atoms with E-state index in [0.717, 1.165) is 24.7 Å². The van der Waals surface area contributed by atoms with Gasteiger partial charge in [-0.3, -0.25) is 9.52 Å². The Morgan fingerprint density at radius 2 is 1.81 bits per heavy atom. The lowest BCUT2D eigenvalue weighted by Gasteiger charge is -2.32. The third-order valence-corrected chi connectivity index (χ3v) is 5.37. The van der Waals surface area contributed by atoms with Crippen LogP contribution in [0.25, 0.3) is 0 Å². The van der Waals surface area contributed by atoms with Crippen molar-refractivity contribution in [2.24, 2.45) is 0 Å². The van der Waals surface area contributed by atoms with Crippen molar-refractivity contribution in [3.8, 4) is 0 Å². The van der Waals surface area contributed by atoms with E-state index in [0.29, 0.717) is 30.3 Å². The summed E-state index contributed by atoms with van der Waals surface area (Å²) in [5, 5.41) is 0. The first-order valence-electron chi connectivity index (χ1n) is 8.67. The molecule has 1 N–H and O–H groups in total. The van der Waals surface area contributed by atoms with E-state index in [4.69, 9.17) is 0 Å². The molecule has 1 saturated heterocycles. The van der Waals surface area contributed by atoms with Gasteiger partial charge in [-0.05, 0) is 55.0 Å². The molecule has 0 atom stereocenters. The Hall–Kier alpha value is -2.34. The Morgan fingerprint density at radius 1 is 1.15 bits per heavy atom. The van der Waals surface area contributed by atoms with Crippen LogP contribution in [0.5, 0.6) is 0 Å². The van der Waals surface area contributed by atoms with Gasteiger partial charge in [-0.15, -0.1) is 0 Å². The number of nitrogens with one attached hydrogen (secondary N) is 1. The van der Waals surface area contributed by atoms with Crippen LogP contribution in [0.3, 0.4) is 0 Å². The Bertz CT molecular complexity index is 887. The van der Waals surface area contributed by atoms with E-state index in [-0.39, 0.29) is 5.91 Å². The number of hydrogen-bond donors (Lipinski definition) is 1. The fraction of sp³-hybridized carbons (Fsp3) is 0.350. The minimum Gasteiger partial charge on any atom is -0.339 e. The normalized spacial score (nSPS) is 15.7. The first-order chi connectivity index (χ1) is 12.3. The molecule has 26 heavy (non-hydrogen) atoms. The largest absolute Gasteiger partial charge is 0.339 e. The number of amides is 1. The van der Waals surface area contributed by atoms with E-state index in [2.05, 4.69) is 22.9 Å². The number of nitrogens with zero attached hydrogens (tertiary/aromatic N) is 1. The van der Waals surface area contributed by atoms with Crippen molar-refractivity contribution >= 4 is 21.6 Å². The molecule has 2 aromatic rings. The van der Waals surface area contributed by atoms with Gasteiger partial charge in [-0.1, -0.05) is 30.3 Å². The van der Waals surface area contributed by atoms with Crippen LogP contribution in [-0.4, -0.2) is 38.6 Å². The molecule has 0 bridgehead atoms. The molecule has 137 valence electrons. The number of likely N-dealkylation sites (tertiary alicyclic amines) is 1. The minimum absolute atomic E-state index is 0.0543. The Kier molecular flexibility index (Phi) is 5.32. The predicted octanol–water partition coefficient (Wildman–Crippen LogP) is 3.19. The van der Waals surface area contributed by atoms with Gasteiger partial charge in [0.2, 0.25) is 10.0 Å². The summed E-state index contributed by atoms with van der Waals surface area (Å²) in [6, 6.07) is 16.2. The molecule has 2 aromatic carbocycles. The molecule has 0 saturated carbocycles. The standard InChI is InChI=1S/C20H23N2O3S/c1-15-8-9-18(14-19(15)21-26(2,24)25)20(23)22-12-10-17(11-13-22)16-6-4-3-5-7-16/h4-9,14,17,21H,10-13H2,1-2H3. The fourth-order valence-corrected chi connectivity index (χ4v) is 3.95. The van der Waals surface area contributed by atoms with Crippen molar-refractivity contribution in [3.05, 3.63) is 65.2 Å². The van der Waals surface area contributed by atoms with E-state index in [1.807, 2.05) is 24.0 Å². The number of carbonyl (C=O) groups is 1. The molecule has 0 aliphatic carbocycles. The van der Waals surface area contributed by atoms with Crippen molar-refractivity contribution in [3.63, 3.8) is 0 Å². The average molecular weight is 371 g/mol. The maximum Gasteiger partial charge on any atom is 0.253 e. The van der Waals surface area contributed by atoms with Gasteiger partial charge < -0.3 is 4.90 Å².